The molecule has 0 N–H and O–H groups in total. The lowest BCUT2D eigenvalue weighted by molar-refractivity contribution is -0.680. The highest BCUT2D eigenvalue weighted by Crippen LogP contribution is 2.35. The number of rotatable bonds is 2. The lowest BCUT2D eigenvalue weighted by atomic mass is 10.1. The van der Waals surface area contributed by atoms with Crippen molar-refractivity contribution in [2.24, 2.45) is 4.99 Å². The molecular weight excluding hydrogens is 373 g/mol. The van der Waals surface area contributed by atoms with E-state index in [1.54, 1.807) is 23.7 Å². The Kier molecular flexibility index (Phi) is 3.85. The minimum atomic E-state index is -0.705. The highest BCUT2D eigenvalue weighted by Gasteiger charge is 2.53. The van der Waals surface area contributed by atoms with E-state index in [0.29, 0.717) is 22.4 Å². The van der Waals surface area contributed by atoms with E-state index in [1.807, 2.05) is 18.4 Å². The van der Waals surface area contributed by atoms with Crippen molar-refractivity contribution in [1.29, 1.82) is 0 Å². The van der Waals surface area contributed by atoms with Crippen LogP contribution in [-0.2, 0) is 11.3 Å². The number of carbonyl (C=O) groups is 2. The summed E-state index contributed by atoms with van der Waals surface area (Å²) in [5, 5.41) is 0.325. The predicted molar refractivity (Wildman–Crippen MR) is 96.7 cm³/mol. The second-order valence-electron chi connectivity index (χ2n) is 6.74. The summed E-state index contributed by atoms with van der Waals surface area (Å²) in [6, 6.07) is 3.41. The molecule has 1 atom stereocenters. The number of aromatic nitrogens is 2. The molecule has 0 saturated carbocycles. The lowest BCUT2D eigenvalue weighted by Gasteiger charge is -2.30. The third-order valence-corrected chi connectivity index (χ3v) is 5.68. The highest BCUT2D eigenvalue weighted by molar-refractivity contribution is 6.31. The molecule has 1 aromatic carbocycles. The number of nitrogens with zero attached hydrogens (tertiary/aromatic N) is 5. The van der Waals surface area contributed by atoms with Gasteiger partial charge < -0.3 is 0 Å². The van der Waals surface area contributed by atoms with Gasteiger partial charge >= 0.3 is 12.0 Å². The van der Waals surface area contributed by atoms with Gasteiger partial charge in [0.05, 0.1) is 0 Å². The number of urea groups is 1. The van der Waals surface area contributed by atoms with Gasteiger partial charge in [-0.05, 0) is 26.0 Å². The van der Waals surface area contributed by atoms with E-state index in [4.69, 9.17) is 11.6 Å². The summed E-state index contributed by atoms with van der Waals surface area (Å²) in [5.74, 6) is 0.116. The molecule has 4 rings (SSSR count). The average molecular weight is 391 g/mol. The SMILES string of the molecule is Cc1c(C)[n+](Cc2c(F)cccc2Cl)c2n1C1C(=O)N(C)C(=O)N(C)C1=N2. The lowest BCUT2D eigenvalue weighted by Crippen LogP contribution is -2.56. The van der Waals surface area contributed by atoms with E-state index < -0.39 is 17.9 Å². The normalized spacial score (nSPS) is 18.7. The van der Waals surface area contributed by atoms with Crippen LogP contribution >= 0.6 is 11.6 Å². The standard InChI is InChI=1S/C18H18ClFN5O2/c1-9-10(2)25-14-15(22(3)18(27)23(4)16(14)26)21-17(25)24(9)8-11-12(19)6-5-7-13(11)20/h5-7,14H,8H2,1-4H3/q+1. The molecule has 2 aliphatic rings. The Balaban J connectivity index is 1.88. The van der Waals surface area contributed by atoms with Crippen LogP contribution in [0.4, 0.5) is 15.1 Å². The minimum absolute atomic E-state index is 0.172. The first-order valence-corrected chi connectivity index (χ1v) is 8.79. The number of aliphatic imine (C=N–C) groups is 1. The van der Waals surface area contributed by atoms with Crippen LogP contribution in [0.2, 0.25) is 5.02 Å². The molecule has 0 radical (unpaired) electrons. The number of imidazole rings is 1. The zero-order valence-corrected chi connectivity index (χ0v) is 16.1. The van der Waals surface area contributed by atoms with Crippen LogP contribution in [0, 0.1) is 19.7 Å². The van der Waals surface area contributed by atoms with E-state index >= 15 is 0 Å². The molecule has 9 heteroatoms. The van der Waals surface area contributed by atoms with Gasteiger partial charge in [-0.3, -0.25) is 14.6 Å². The van der Waals surface area contributed by atoms with Gasteiger partial charge in [0.15, 0.2) is 0 Å². The van der Waals surface area contributed by atoms with Crippen molar-refractivity contribution >= 4 is 35.3 Å². The fourth-order valence-electron chi connectivity index (χ4n) is 3.61. The number of benzene rings is 1. The Labute approximate surface area is 160 Å². The number of amidine groups is 1. The molecular formula is C18H18ClFN5O2+. The number of halogens is 2. The molecule has 3 amide bonds. The highest BCUT2D eigenvalue weighted by atomic mass is 35.5. The van der Waals surface area contributed by atoms with Gasteiger partial charge in [-0.25, -0.2) is 18.3 Å². The van der Waals surface area contributed by atoms with Crippen molar-refractivity contribution < 1.29 is 18.5 Å². The molecule has 7 nitrogen and oxygen atoms in total. The molecule has 2 aliphatic heterocycles. The minimum Gasteiger partial charge on any atom is -0.270 e. The third-order valence-electron chi connectivity index (χ3n) is 5.32. The number of amides is 3. The Morgan fingerprint density at radius 2 is 1.93 bits per heavy atom. The first kappa shape index (κ1) is 17.7. The van der Waals surface area contributed by atoms with Crippen molar-refractivity contribution in [3.63, 3.8) is 0 Å². The third kappa shape index (κ3) is 2.32. The largest absolute Gasteiger partial charge is 0.402 e. The molecule has 3 heterocycles. The van der Waals surface area contributed by atoms with Crippen LogP contribution in [0.5, 0.6) is 0 Å². The van der Waals surface area contributed by atoms with E-state index in [0.717, 1.165) is 16.3 Å². The predicted octanol–water partition coefficient (Wildman–Crippen LogP) is 2.34. The van der Waals surface area contributed by atoms with Crippen LogP contribution in [-0.4, -0.2) is 46.2 Å². The maximum atomic E-state index is 14.3. The van der Waals surface area contributed by atoms with E-state index in [2.05, 4.69) is 4.99 Å². The number of carbonyl (C=O) groups excluding carboxylic acids is 2. The monoisotopic (exact) mass is 390 g/mol. The van der Waals surface area contributed by atoms with Gasteiger partial charge in [0.25, 0.3) is 5.91 Å². The molecule has 0 bridgehead atoms. The van der Waals surface area contributed by atoms with Crippen LogP contribution in [0.1, 0.15) is 23.0 Å². The summed E-state index contributed by atoms with van der Waals surface area (Å²) in [5.41, 5.74) is 2.02. The first-order valence-electron chi connectivity index (χ1n) is 8.42. The van der Waals surface area contributed by atoms with Gasteiger partial charge in [-0.2, -0.15) is 0 Å². The van der Waals surface area contributed by atoms with Crippen LogP contribution in [0.25, 0.3) is 0 Å². The zero-order chi connectivity index (χ0) is 19.6. The summed E-state index contributed by atoms with van der Waals surface area (Å²) in [4.78, 5) is 32.0. The fraction of sp³-hybridized carbons (Fsp3) is 0.333. The van der Waals surface area contributed by atoms with Crippen molar-refractivity contribution in [3.8, 4) is 0 Å². The van der Waals surface area contributed by atoms with Crippen LogP contribution in [0.15, 0.2) is 23.2 Å². The number of fused-ring (bicyclic) bond motifs is 3. The van der Waals surface area contributed by atoms with Crippen LogP contribution < -0.4 is 4.57 Å². The van der Waals surface area contributed by atoms with E-state index in [-0.39, 0.29) is 12.5 Å². The van der Waals surface area contributed by atoms with Gasteiger partial charge in [-0.15, -0.1) is 0 Å². The molecule has 1 saturated heterocycles. The van der Waals surface area contributed by atoms with Gasteiger partial charge in [0.1, 0.15) is 23.7 Å². The maximum absolute atomic E-state index is 14.3. The Hall–Kier alpha value is -2.74. The van der Waals surface area contributed by atoms with E-state index in [1.165, 1.54) is 18.0 Å². The van der Waals surface area contributed by atoms with Crippen molar-refractivity contribution in [2.75, 3.05) is 14.1 Å². The number of hydrogen-bond acceptors (Lipinski definition) is 3. The molecule has 1 fully saturated rings. The van der Waals surface area contributed by atoms with Crippen molar-refractivity contribution in [2.45, 2.75) is 26.4 Å². The summed E-state index contributed by atoms with van der Waals surface area (Å²) in [6.07, 6.45) is 0. The molecule has 0 spiro atoms. The summed E-state index contributed by atoms with van der Waals surface area (Å²) in [7, 11) is 3.04. The van der Waals surface area contributed by atoms with Gasteiger partial charge in [0.2, 0.25) is 11.9 Å². The average Bonchev–Trinajstić information content (AvgIpc) is 3.12. The van der Waals surface area contributed by atoms with Crippen molar-refractivity contribution in [3.05, 3.63) is 46.0 Å². The van der Waals surface area contributed by atoms with Crippen molar-refractivity contribution in [1.82, 2.24) is 14.4 Å². The second kappa shape index (κ2) is 5.88. The quantitative estimate of drug-likeness (QED) is 0.739. The molecule has 2 aromatic rings. The first-order chi connectivity index (χ1) is 12.7. The molecule has 1 aromatic heterocycles. The second-order valence-corrected chi connectivity index (χ2v) is 7.15. The fourth-order valence-corrected chi connectivity index (χ4v) is 3.84. The smallest absolute Gasteiger partial charge is 0.270 e. The summed E-state index contributed by atoms with van der Waals surface area (Å²) >= 11 is 6.19. The number of hydrogen-bond donors (Lipinski definition) is 0. The van der Waals surface area contributed by atoms with Gasteiger partial charge in [-0.1, -0.05) is 22.7 Å². The number of imide groups is 1. The zero-order valence-electron chi connectivity index (χ0n) is 15.3. The number of likely N-dealkylation sites (N-methyl/N-ethyl adjacent to an activating group) is 2. The summed E-state index contributed by atoms with van der Waals surface area (Å²) < 4.78 is 17.9. The Morgan fingerprint density at radius 3 is 2.59 bits per heavy atom. The van der Waals surface area contributed by atoms with Crippen LogP contribution in [0.3, 0.4) is 0 Å². The topological polar surface area (TPSA) is 61.8 Å². The van der Waals surface area contributed by atoms with E-state index in [9.17, 15) is 14.0 Å². The molecule has 140 valence electrons. The Bertz CT molecular complexity index is 1020. The molecule has 1 unspecified atom stereocenters. The summed E-state index contributed by atoms with van der Waals surface area (Å²) in [6.45, 7) is 3.93. The maximum Gasteiger partial charge on any atom is 0.402 e. The molecule has 0 aliphatic carbocycles. The Morgan fingerprint density at radius 1 is 1.22 bits per heavy atom. The van der Waals surface area contributed by atoms with Gasteiger partial charge in [0, 0.05) is 24.7 Å². The molecule has 27 heavy (non-hydrogen) atoms.